The van der Waals surface area contributed by atoms with E-state index in [1.807, 2.05) is 0 Å². The first-order valence-corrected chi connectivity index (χ1v) is 7.81. The Morgan fingerprint density at radius 2 is 1.24 bits per heavy atom. The summed E-state index contributed by atoms with van der Waals surface area (Å²) in [5.41, 5.74) is 3.50. The van der Waals surface area contributed by atoms with Gasteiger partial charge in [-0.15, -0.1) is 0 Å². The Bertz CT molecular complexity index is 813. The zero-order valence-electron chi connectivity index (χ0n) is 13.1. The van der Waals surface area contributed by atoms with Gasteiger partial charge in [-0.3, -0.25) is 20.2 Å². The minimum absolute atomic E-state index is 0.0689. The number of non-ortho nitro benzene ring substituents is 2. The highest BCUT2D eigenvalue weighted by molar-refractivity contribution is 5.62. The molecule has 0 amide bonds. The second-order valence-corrected chi connectivity index (χ2v) is 5.93. The van der Waals surface area contributed by atoms with Crippen LogP contribution in [0.4, 0.5) is 22.7 Å². The van der Waals surface area contributed by atoms with Crippen LogP contribution in [-0.2, 0) is 17.8 Å². The van der Waals surface area contributed by atoms with Gasteiger partial charge in [0.25, 0.3) is 11.4 Å². The Morgan fingerprint density at radius 3 is 1.64 bits per heavy atom. The molecule has 0 atom stereocenters. The van der Waals surface area contributed by atoms with E-state index in [9.17, 15) is 20.2 Å². The van der Waals surface area contributed by atoms with E-state index in [-0.39, 0.29) is 11.4 Å². The highest BCUT2D eigenvalue weighted by Gasteiger charge is 2.28. The maximum absolute atomic E-state index is 10.9. The third-order valence-corrected chi connectivity index (χ3v) is 4.45. The van der Waals surface area contributed by atoms with Gasteiger partial charge in [0.2, 0.25) is 0 Å². The lowest BCUT2D eigenvalue weighted by Gasteiger charge is -2.26. The van der Waals surface area contributed by atoms with Crippen molar-refractivity contribution in [2.24, 2.45) is 0 Å². The smallest absolute Gasteiger partial charge is 0.258 e. The third kappa shape index (κ3) is 2.64. The van der Waals surface area contributed by atoms with Crippen LogP contribution in [0.25, 0.3) is 0 Å². The molecule has 2 aromatic carbocycles. The fraction of sp³-hybridized carbons (Fsp3) is 0.250. The van der Waals surface area contributed by atoms with Crippen LogP contribution in [0.3, 0.4) is 0 Å². The molecule has 0 saturated heterocycles. The van der Waals surface area contributed by atoms with Crippen molar-refractivity contribution in [1.82, 2.24) is 0 Å². The van der Waals surface area contributed by atoms with Gasteiger partial charge in [-0.25, -0.2) is 10.1 Å². The lowest BCUT2D eigenvalue weighted by Crippen LogP contribution is -2.33. The number of nitro benzene ring substituents is 2. The van der Waals surface area contributed by atoms with Crippen LogP contribution in [0.1, 0.15) is 11.1 Å². The van der Waals surface area contributed by atoms with Crippen LogP contribution >= 0.6 is 0 Å². The summed E-state index contributed by atoms with van der Waals surface area (Å²) in [6.07, 6.45) is 1.33. The van der Waals surface area contributed by atoms with Gasteiger partial charge in [-0.1, -0.05) is 0 Å². The van der Waals surface area contributed by atoms with Gasteiger partial charge in [0, 0.05) is 24.3 Å². The Labute approximate surface area is 142 Å². The van der Waals surface area contributed by atoms with Crippen molar-refractivity contribution in [3.05, 3.63) is 67.8 Å². The van der Waals surface area contributed by atoms with Crippen molar-refractivity contribution >= 4 is 22.7 Å². The van der Waals surface area contributed by atoms with E-state index < -0.39 is 9.85 Å². The summed E-state index contributed by atoms with van der Waals surface area (Å²) < 4.78 is 0. The van der Waals surface area contributed by atoms with Gasteiger partial charge in [0.05, 0.1) is 34.3 Å². The van der Waals surface area contributed by atoms with E-state index in [1.165, 1.54) is 12.1 Å². The molecule has 0 fully saturated rings. The molecule has 9 heteroatoms. The first kappa shape index (κ1) is 15.3. The van der Waals surface area contributed by atoms with Crippen LogP contribution in [0, 0.1) is 20.2 Å². The molecule has 25 heavy (non-hydrogen) atoms. The Morgan fingerprint density at radius 1 is 0.800 bits per heavy atom. The Kier molecular flexibility index (Phi) is 3.50. The van der Waals surface area contributed by atoms with Crippen molar-refractivity contribution in [2.45, 2.75) is 12.8 Å². The van der Waals surface area contributed by atoms with E-state index in [0.717, 1.165) is 22.5 Å². The average molecular weight is 342 g/mol. The molecule has 0 aliphatic carbocycles. The quantitative estimate of drug-likeness (QED) is 0.622. The van der Waals surface area contributed by atoms with E-state index in [4.69, 9.17) is 4.94 Å². The average Bonchev–Trinajstić information content (AvgIpc) is 3.18. The Balaban J connectivity index is 1.55. The second-order valence-electron chi connectivity index (χ2n) is 5.93. The van der Waals surface area contributed by atoms with Crippen LogP contribution in [0.2, 0.25) is 0 Å². The zero-order valence-corrected chi connectivity index (χ0v) is 13.1. The van der Waals surface area contributed by atoms with Gasteiger partial charge in [0.15, 0.2) is 0 Å². The number of fused-ring (bicyclic) bond motifs is 2. The molecule has 0 unspecified atom stereocenters. The fourth-order valence-electron chi connectivity index (χ4n) is 3.23. The third-order valence-electron chi connectivity index (χ3n) is 4.45. The molecule has 2 aromatic rings. The first-order valence-electron chi connectivity index (χ1n) is 7.81. The summed E-state index contributed by atoms with van der Waals surface area (Å²) in [6.45, 7) is 1.19. The van der Waals surface area contributed by atoms with Crippen LogP contribution in [0.5, 0.6) is 0 Å². The van der Waals surface area contributed by atoms with Gasteiger partial charge < -0.3 is 0 Å². The summed E-state index contributed by atoms with van der Waals surface area (Å²) in [4.78, 5) is 26.9. The molecule has 4 rings (SSSR count). The van der Waals surface area contributed by atoms with Gasteiger partial charge in [-0.2, -0.15) is 4.94 Å². The van der Waals surface area contributed by atoms with Gasteiger partial charge in [0.1, 0.15) is 0 Å². The summed E-state index contributed by atoms with van der Waals surface area (Å²) in [6, 6.07) is 9.43. The maximum Gasteiger partial charge on any atom is 0.269 e. The first-order chi connectivity index (χ1) is 12.0. The highest BCUT2D eigenvalue weighted by Crippen LogP contribution is 2.35. The zero-order chi connectivity index (χ0) is 17.6. The second kappa shape index (κ2) is 5.71. The largest absolute Gasteiger partial charge is 0.269 e. The van der Waals surface area contributed by atoms with Crippen LogP contribution in [-0.4, -0.2) is 22.9 Å². The molecule has 0 spiro atoms. The molecule has 0 N–H and O–H groups in total. The summed E-state index contributed by atoms with van der Waals surface area (Å²) in [5, 5.41) is 25.2. The van der Waals surface area contributed by atoms with Crippen molar-refractivity contribution < 1.29 is 14.8 Å². The van der Waals surface area contributed by atoms with Crippen molar-refractivity contribution in [2.75, 3.05) is 23.2 Å². The van der Waals surface area contributed by atoms with E-state index in [1.54, 1.807) is 34.4 Å². The number of anilines is 2. The summed E-state index contributed by atoms with van der Waals surface area (Å²) in [5.74, 6) is 0. The molecular weight excluding hydrogens is 328 g/mol. The number of nitro groups is 2. The lowest BCUT2D eigenvalue weighted by molar-refractivity contribution is -0.385. The van der Waals surface area contributed by atoms with E-state index >= 15 is 0 Å². The monoisotopic (exact) mass is 342 g/mol. The standard InChI is InChI=1S/C16H14N4O5/c21-19(22)13-1-3-15-11(9-13)5-7-17(15)25-18-8-6-12-10-14(20(23)24)2-4-16(12)18/h1-4,9-10H,5-8H2. The summed E-state index contributed by atoms with van der Waals surface area (Å²) in [7, 11) is 0. The maximum atomic E-state index is 10.9. The predicted octanol–water partition coefficient (Wildman–Crippen LogP) is 2.77. The number of nitrogens with zero attached hydrogens (tertiary/aromatic N) is 4. The number of benzene rings is 2. The van der Waals surface area contributed by atoms with E-state index in [2.05, 4.69) is 0 Å². The molecule has 0 radical (unpaired) electrons. The molecule has 0 saturated carbocycles. The van der Waals surface area contributed by atoms with Crippen molar-refractivity contribution in [3.8, 4) is 0 Å². The number of hydrogen-bond donors (Lipinski definition) is 0. The van der Waals surface area contributed by atoms with Crippen molar-refractivity contribution in [3.63, 3.8) is 0 Å². The van der Waals surface area contributed by atoms with Crippen LogP contribution < -0.4 is 10.1 Å². The predicted molar refractivity (Wildman–Crippen MR) is 89.4 cm³/mol. The van der Waals surface area contributed by atoms with Gasteiger partial charge in [-0.05, 0) is 36.1 Å². The fourth-order valence-corrected chi connectivity index (χ4v) is 3.23. The van der Waals surface area contributed by atoms with Crippen LogP contribution in [0.15, 0.2) is 36.4 Å². The minimum Gasteiger partial charge on any atom is -0.258 e. The number of hydrogen-bond acceptors (Lipinski definition) is 7. The SMILES string of the molecule is O=[N+]([O-])c1ccc2c(c1)CCN2ON1CCc2cc([N+](=O)[O-])ccc21. The molecule has 9 nitrogen and oxygen atoms in total. The molecule has 0 aromatic heterocycles. The lowest BCUT2D eigenvalue weighted by atomic mass is 10.1. The number of rotatable bonds is 4. The molecule has 2 heterocycles. The molecule has 2 aliphatic rings. The molecule has 128 valence electrons. The summed E-state index contributed by atoms with van der Waals surface area (Å²) >= 11 is 0. The number of hydroxylamine groups is 2. The normalized spacial score (nSPS) is 15.2. The molecule has 0 bridgehead atoms. The van der Waals surface area contributed by atoms with E-state index in [0.29, 0.717) is 25.9 Å². The Hall–Kier alpha value is -3.20. The van der Waals surface area contributed by atoms with Crippen molar-refractivity contribution in [1.29, 1.82) is 0 Å². The topological polar surface area (TPSA) is 102 Å². The molecule has 2 aliphatic heterocycles. The molecular formula is C16H14N4O5. The van der Waals surface area contributed by atoms with Gasteiger partial charge >= 0.3 is 0 Å². The highest BCUT2D eigenvalue weighted by atomic mass is 16.8. The minimum atomic E-state index is -0.409.